The van der Waals surface area contributed by atoms with E-state index in [1.54, 1.807) is 11.0 Å². The van der Waals surface area contributed by atoms with Gasteiger partial charge in [0.1, 0.15) is 0 Å². The molecule has 0 aromatic carbocycles. The van der Waals surface area contributed by atoms with Gasteiger partial charge >= 0.3 is 0 Å². The molecule has 0 spiro atoms. The number of rotatable bonds is 7. The van der Waals surface area contributed by atoms with Crippen LogP contribution in [-0.4, -0.2) is 37.1 Å². The van der Waals surface area contributed by atoms with Crippen LogP contribution in [0, 0.1) is 0 Å². The molecule has 0 aromatic rings. The first kappa shape index (κ1) is 11.2. The van der Waals surface area contributed by atoms with Gasteiger partial charge in [0, 0.05) is 13.1 Å². The summed E-state index contributed by atoms with van der Waals surface area (Å²) in [5.74, 6) is 0. The summed E-state index contributed by atoms with van der Waals surface area (Å²) in [6.07, 6.45) is 2.73. The number of ether oxygens (including phenoxy) is 1. The van der Waals surface area contributed by atoms with E-state index >= 15 is 0 Å². The summed E-state index contributed by atoms with van der Waals surface area (Å²) in [6, 6.07) is 0. The second-order valence-electron chi connectivity index (χ2n) is 2.81. The maximum absolute atomic E-state index is 10.4. The van der Waals surface area contributed by atoms with Gasteiger partial charge in [-0.05, 0) is 13.8 Å². The minimum atomic E-state index is 0.224. The lowest BCUT2D eigenvalue weighted by Gasteiger charge is -2.15. The van der Waals surface area contributed by atoms with Gasteiger partial charge < -0.3 is 9.64 Å². The van der Waals surface area contributed by atoms with Gasteiger partial charge in [-0.2, -0.15) is 0 Å². The number of amides is 1. The number of nitrogens with zero attached hydrogens (tertiary/aromatic N) is 1. The molecular formula is C9H17NO2. The summed E-state index contributed by atoms with van der Waals surface area (Å²) in [5, 5.41) is 0. The molecule has 0 aromatic heterocycles. The Morgan fingerprint density at radius 2 is 2.25 bits per heavy atom. The van der Waals surface area contributed by atoms with Crippen LogP contribution in [-0.2, 0) is 9.53 Å². The summed E-state index contributed by atoms with van der Waals surface area (Å²) in [6.45, 7) is 9.30. The smallest absolute Gasteiger partial charge is 0.210 e. The lowest BCUT2D eigenvalue weighted by atomic mass is 10.4. The number of carbonyl (C=O) groups is 1. The topological polar surface area (TPSA) is 29.5 Å². The van der Waals surface area contributed by atoms with Crippen molar-refractivity contribution in [3.05, 3.63) is 12.7 Å². The van der Waals surface area contributed by atoms with Crippen molar-refractivity contribution in [1.29, 1.82) is 0 Å². The van der Waals surface area contributed by atoms with E-state index in [9.17, 15) is 4.79 Å². The SMILES string of the molecule is C=CCN(C=O)CCOC(C)C. The molecule has 3 heteroatoms. The molecule has 0 aliphatic heterocycles. The number of hydrogen-bond donors (Lipinski definition) is 0. The summed E-state index contributed by atoms with van der Waals surface area (Å²) in [7, 11) is 0. The Hall–Kier alpha value is -0.830. The van der Waals surface area contributed by atoms with Crippen LogP contribution in [0.3, 0.4) is 0 Å². The van der Waals surface area contributed by atoms with Crippen LogP contribution < -0.4 is 0 Å². The van der Waals surface area contributed by atoms with Crippen LogP contribution in [0.25, 0.3) is 0 Å². The Labute approximate surface area is 74.0 Å². The lowest BCUT2D eigenvalue weighted by molar-refractivity contribution is -0.118. The highest BCUT2D eigenvalue weighted by Gasteiger charge is 1.98. The normalized spacial score (nSPS) is 9.92. The molecule has 0 fully saturated rings. The van der Waals surface area contributed by atoms with Gasteiger partial charge in [-0.15, -0.1) is 6.58 Å². The van der Waals surface area contributed by atoms with Crippen LogP contribution in [0.4, 0.5) is 0 Å². The van der Waals surface area contributed by atoms with Gasteiger partial charge in [0.15, 0.2) is 0 Å². The van der Waals surface area contributed by atoms with E-state index in [2.05, 4.69) is 6.58 Å². The lowest BCUT2D eigenvalue weighted by Crippen LogP contribution is -2.27. The Kier molecular flexibility index (Phi) is 6.38. The fourth-order valence-corrected chi connectivity index (χ4v) is 0.759. The van der Waals surface area contributed by atoms with Gasteiger partial charge in [0.05, 0.1) is 12.7 Å². The molecule has 70 valence electrons. The Morgan fingerprint density at radius 1 is 1.58 bits per heavy atom. The first-order chi connectivity index (χ1) is 5.70. The molecular weight excluding hydrogens is 154 g/mol. The number of hydrogen-bond acceptors (Lipinski definition) is 2. The van der Waals surface area contributed by atoms with Crippen LogP contribution in [0.5, 0.6) is 0 Å². The maximum atomic E-state index is 10.4. The van der Waals surface area contributed by atoms with E-state index in [-0.39, 0.29) is 6.10 Å². The van der Waals surface area contributed by atoms with Crippen molar-refractivity contribution in [3.63, 3.8) is 0 Å². The van der Waals surface area contributed by atoms with Gasteiger partial charge in [0.2, 0.25) is 6.41 Å². The number of carbonyl (C=O) groups excluding carboxylic acids is 1. The van der Waals surface area contributed by atoms with Crippen molar-refractivity contribution >= 4 is 6.41 Å². The standard InChI is InChI=1S/C9H17NO2/c1-4-5-10(8-11)6-7-12-9(2)3/h4,8-9H,1,5-7H2,2-3H3. The molecule has 0 aliphatic rings. The average Bonchev–Trinajstić information content (AvgIpc) is 2.02. The highest BCUT2D eigenvalue weighted by molar-refractivity contribution is 5.47. The molecule has 0 aliphatic carbocycles. The first-order valence-corrected chi connectivity index (χ1v) is 4.12. The van der Waals surface area contributed by atoms with E-state index in [1.165, 1.54) is 0 Å². The summed E-state index contributed by atoms with van der Waals surface area (Å²) >= 11 is 0. The predicted octanol–water partition coefficient (Wildman–Crippen LogP) is 1.06. The fourth-order valence-electron chi connectivity index (χ4n) is 0.759. The zero-order valence-electron chi connectivity index (χ0n) is 7.82. The second-order valence-corrected chi connectivity index (χ2v) is 2.81. The Balaban J connectivity index is 3.44. The van der Waals surface area contributed by atoms with Crippen molar-refractivity contribution in [2.75, 3.05) is 19.7 Å². The third-order valence-corrected chi connectivity index (χ3v) is 1.34. The largest absolute Gasteiger partial charge is 0.377 e. The van der Waals surface area contributed by atoms with Crippen molar-refractivity contribution in [2.45, 2.75) is 20.0 Å². The highest BCUT2D eigenvalue weighted by atomic mass is 16.5. The summed E-state index contributed by atoms with van der Waals surface area (Å²) < 4.78 is 5.29. The van der Waals surface area contributed by atoms with Crippen LogP contribution in [0.2, 0.25) is 0 Å². The minimum absolute atomic E-state index is 0.224. The molecule has 0 N–H and O–H groups in total. The molecule has 12 heavy (non-hydrogen) atoms. The minimum Gasteiger partial charge on any atom is -0.377 e. The Bertz CT molecular complexity index is 134. The molecule has 0 saturated heterocycles. The van der Waals surface area contributed by atoms with E-state index in [0.29, 0.717) is 19.7 Å². The maximum Gasteiger partial charge on any atom is 0.210 e. The van der Waals surface area contributed by atoms with E-state index in [1.807, 2.05) is 13.8 Å². The average molecular weight is 171 g/mol. The molecule has 3 nitrogen and oxygen atoms in total. The predicted molar refractivity (Wildman–Crippen MR) is 48.9 cm³/mol. The molecule has 0 atom stereocenters. The van der Waals surface area contributed by atoms with Gasteiger partial charge in [-0.3, -0.25) is 4.79 Å². The van der Waals surface area contributed by atoms with Gasteiger partial charge in [0.25, 0.3) is 0 Å². The molecule has 0 unspecified atom stereocenters. The first-order valence-electron chi connectivity index (χ1n) is 4.12. The zero-order chi connectivity index (χ0) is 9.40. The van der Waals surface area contributed by atoms with Crippen molar-refractivity contribution < 1.29 is 9.53 Å². The van der Waals surface area contributed by atoms with E-state index < -0.39 is 0 Å². The van der Waals surface area contributed by atoms with Crippen molar-refractivity contribution in [3.8, 4) is 0 Å². The van der Waals surface area contributed by atoms with Crippen LogP contribution >= 0.6 is 0 Å². The molecule has 0 radical (unpaired) electrons. The Morgan fingerprint density at radius 3 is 2.67 bits per heavy atom. The van der Waals surface area contributed by atoms with Gasteiger partial charge in [-0.25, -0.2) is 0 Å². The van der Waals surface area contributed by atoms with Gasteiger partial charge in [-0.1, -0.05) is 6.08 Å². The molecule has 0 rings (SSSR count). The van der Waals surface area contributed by atoms with Crippen LogP contribution in [0.1, 0.15) is 13.8 Å². The second kappa shape index (κ2) is 6.85. The van der Waals surface area contributed by atoms with Crippen LogP contribution in [0.15, 0.2) is 12.7 Å². The van der Waals surface area contributed by atoms with Crippen molar-refractivity contribution in [1.82, 2.24) is 4.90 Å². The molecule has 1 amide bonds. The third-order valence-electron chi connectivity index (χ3n) is 1.34. The summed E-state index contributed by atoms with van der Waals surface area (Å²) in [5.41, 5.74) is 0. The fraction of sp³-hybridized carbons (Fsp3) is 0.667. The monoisotopic (exact) mass is 171 g/mol. The molecule has 0 bridgehead atoms. The summed E-state index contributed by atoms with van der Waals surface area (Å²) in [4.78, 5) is 12.0. The van der Waals surface area contributed by atoms with Crippen molar-refractivity contribution in [2.24, 2.45) is 0 Å². The van der Waals surface area contributed by atoms with E-state index in [0.717, 1.165) is 6.41 Å². The highest BCUT2D eigenvalue weighted by Crippen LogP contribution is 1.89. The third kappa shape index (κ3) is 5.92. The molecule has 0 saturated carbocycles. The van der Waals surface area contributed by atoms with E-state index in [4.69, 9.17) is 4.74 Å². The zero-order valence-corrected chi connectivity index (χ0v) is 7.82. The quantitative estimate of drug-likeness (QED) is 0.423. The molecule has 0 heterocycles.